The number of hydrogen-bond acceptors (Lipinski definition) is 2. The van der Waals surface area contributed by atoms with Gasteiger partial charge in [0.05, 0.1) is 0 Å². The van der Waals surface area contributed by atoms with Crippen LogP contribution in [0.15, 0.2) is 24.3 Å². The fraction of sp³-hybridized carbons (Fsp3) is 0.588. The number of Topliss-reactive ketones (excluding diaryl/α,β-unsaturated/α-hetero) is 1. The average molecular weight is 261 g/mol. The van der Waals surface area contributed by atoms with Gasteiger partial charge in [-0.05, 0) is 50.9 Å². The van der Waals surface area contributed by atoms with Crippen molar-refractivity contribution in [1.29, 1.82) is 0 Å². The first-order chi connectivity index (χ1) is 9.11. The van der Waals surface area contributed by atoms with Gasteiger partial charge in [-0.3, -0.25) is 0 Å². The van der Waals surface area contributed by atoms with E-state index >= 15 is 0 Å². The van der Waals surface area contributed by atoms with E-state index in [-0.39, 0.29) is 0 Å². The van der Waals surface area contributed by atoms with Crippen LogP contribution in [0.4, 0.5) is 0 Å². The third-order valence-electron chi connectivity index (χ3n) is 3.41. The van der Waals surface area contributed by atoms with E-state index in [0.717, 1.165) is 25.9 Å². The fourth-order valence-corrected chi connectivity index (χ4v) is 2.19. The second-order valence-corrected chi connectivity index (χ2v) is 5.43. The largest absolute Gasteiger partial charge is 0.306 e. The van der Waals surface area contributed by atoms with Crippen molar-refractivity contribution in [3.63, 3.8) is 0 Å². The van der Waals surface area contributed by atoms with Crippen LogP contribution in [0.2, 0.25) is 0 Å². The van der Waals surface area contributed by atoms with Crippen LogP contribution in [0, 0.1) is 0 Å². The van der Waals surface area contributed by atoms with E-state index in [2.05, 4.69) is 43.1 Å². The molecule has 0 radical (unpaired) electrons. The van der Waals surface area contributed by atoms with Crippen LogP contribution in [0.5, 0.6) is 0 Å². The lowest BCUT2D eigenvalue weighted by Gasteiger charge is -2.16. The highest BCUT2D eigenvalue weighted by atomic mass is 16.1. The predicted molar refractivity (Wildman–Crippen MR) is 81.6 cm³/mol. The maximum absolute atomic E-state index is 10.9. The van der Waals surface area contributed by atoms with Crippen LogP contribution in [0.25, 0.3) is 0 Å². The summed E-state index contributed by atoms with van der Waals surface area (Å²) in [6.45, 7) is 5.94. The Bertz CT molecular complexity index is 369. The molecule has 0 heterocycles. The molecule has 0 spiro atoms. The Labute approximate surface area is 117 Å². The monoisotopic (exact) mass is 261 g/mol. The molecule has 0 aliphatic heterocycles. The number of carbonyl (C=O) groups excluding carboxylic acids is 1. The quantitative estimate of drug-likeness (QED) is 0.678. The molecule has 2 nitrogen and oxygen atoms in total. The molecule has 1 aromatic rings. The van der Waals surface area contributed by atoms with Crippen LogP contribution in [0.1, 0.15) is 44.2 Å². The number of benzene rings is 1. The minimum atomic E-state index is 0.292. The molecule has 0 aromatic heterocycles. The van der Waals surface area contributed by atoms with Gasteiger partial charge in [0.25, 0.3) is 0 Å². The summed E-state index contributed by atoms with van der Waals surface area (Å²) in [6, 6.07) is 8.98. The van der Waals surface area contributed by atoms with Crippen molar-refractivity contribution in [1.82, 2.24) is 4.90 Å². The molecule has 0 aliphatic carbocycles. The second-order valence-electron chi connectivity index (χ2n) is 5.43. The van der Waals surface area contributed by atoms with E-state index in [9.17, 15) is 4.79 Å². The molecule has 0 saturated carbocycles. The van der Waals surface area contributed by atoms with Crippen LogP contribution < -0.4 is 0 Å². The molecule has 2 heteroatoms. The Morgan fingerprint density at radius 2 is 1.63 bits per heavy atom. The smallest absolute Gasteiger partial charge is 0.129 e. The number of likely N-dealkylation sites (N-methyl/N-ethyl adjacent to an activating group) is 1. The Balaban J connectivity index is 2.25. The van der Waals surface area contributed by atoms with Gasteiger partial charge in [-0.1, -0.05) is 37.6 Å². The van der Waals surface area contributed by atoms with Crippen molar-refractivity contribution in [2.24, 2.45) is 0 Å². The summed E-state index contributed by atoms with van der Waals surface area (Å²) in [5, 5.41) is 0. The first-order valence-electron chi connectivity index (χ1n) is 7.37. The molecule has 0 N–H and O–H groups in total. The van der Waals surface area contributed by atoms with Gasteiger partial charge in [0.15, 0.2) is 0 Å². The van der Waals surface area contributed by atoms with Crippen LogP contribution >= 0.6 is 0 Å². The number of carbonyl (C=O) groups is 1. The first kappa shape index (κ1) is 15.9. The van der Waals surface area contributed by atoms with E-state index in [0.29, 0.717) is 12.2 Å². The zero-order chi connectivity index (χ0) is 14.1. The van der Waals surface area contributed by atoms with Crippen molar-refractivity contribution < 1.29 is 4.79 Å². The van der Waals surface area contributed by atoms with Gasteiger partial charge < -0.3 is 9.69 Å². The van der Waals surface area contributed by atoms with Crippen molar-refractivity contribution in [2.45, 2.75) is 46.0 Å². The van der Waals surface area contributed by atoms with E-state index in [1.54, 1.807) is 6.92 Å². The summed E-state index contributed by atoms with van der Waals surface area (Å²) in [4.78, 5) is 13.2. The zero-order valence-electron chi connectivity index (χ0n) is 12.6. The van der Waals surface area contributed by atoms with Crippen molar-refractivity contribution >= 4 is 5.78 Å². The molecule has 19 heavy (non-hydrogen) atoms. The maximum Gasteiger partial charge on any atom is 0.129 e. The minimum Gasteiger partial charge on any atom is -0.306 e. The lowest BCUT2D eigenvalue weighted by atomic mass is 10.1. The molecule has 1 rings (SSSR count). The molecule has 1 aromatic carbocycles. The fourth-order valence-electron chi connectivity index (χ4n) is 2.19. The third kappa shape index (κ3) is 7.12. The lowest BCUT2D eigenvalue weighted by molar-refractivity contribution is -0.117. The molecule has 106 valence electrons. The normalized spacial score (nSPS) is 10.9. The molecule has 0 unspecified atom stereocenters. The van der Waals surface area contributed by atoms with E-state index in [1.807, 2.05) is 0 Å². The summed E-state index contributed by atoms with van der Waals surface area (Å²) in [5.41, 5.74) is 2.83. The predicted octanol–water partition coefficient (Wildman–Crippen LogP) is 3.48. The molecular formula is C17H27NO. The van der Waals surface area contributed by atoms with Gasteiger partial charge >= 0.3 is 0 Å². The zero-order valence-corrected chi connectivity index (χ0v) is 12.6. The Kier molecular flexibility index (Phi) is 7.42. The molecule has 0 bridgehead atoms. The maximum atomic E-state index is 10.9. The molecule has 0 fully saturated rings. The highest BCUT2D eigenvalue weighted by Gasteiger charge is 2.01. The second kappa shape index (κ2) is 8.87. The number of nitrogens with zero attached hydrogens (tertiary/aromatic N) is 1. The molecule has 0 atom stereocenters. The van der Waals surface area contributed by atoms with Crippen LogP contribution in [0.3, 0.4) is 0 Å². The van der Waals surface area contributed by atoms with E-state index < -0.39 is 0 Å². The van der Waals surface area contributed by atoms with Crippen molar-refractivity contribution in [2.75, 3.05) is 20.1 Å². The van der Waals surface area contributed by atoms with Crippen LogP contribution in [-0.4, -0.2) is 30.8 Å². The van der Waals surface area contributed by atoms with Gasteiger partial charge in [-0.2, -0.15) is 0 Å². The van der Waals surface area contributed by atoms with Crippen LogP contribution in [-0.2, 0) is 17.6 Å². The molecular weight excluding hydrogens is 234 g/mol. The Morgan fingerprint density at radius 3 is 2.16 bits per heavy atom. The van der Waals surface area contributed by atoms with Crippen molar-refractivity contribution in [3.8, 4) is 0 Å². The van der Waals surface area contributed by atoms with Crippen molar-refractivity contribution in [3.05, 3.63) is 35.4 Å². The number of hydrogen-bond donors (Lipinski definition) is 0. The number of rotatable bonds is 9. The van der Waals surface area contributed by atoms with Gasteiger partial charge in [0, 0.05) is 13.0 Å². The highest BCUT2D eigenvalue weighted by molar-refractivity contribution is 5.75. The van der Waals surface area contributed by atoms with Gasteiger partial charge in [0.1, 0.15) is 5.78 Å². The SMILES string of the molecule is CCCc1ccc(CCN(C)CCCC(C)=O)cc1. The molecule has 0 amide bonds. The van der Waals surface area contributed by atoms with E-state index in [4.69, 9.17) is 0 Å². The number of aryl methyl sites for hydroxylation is 1. The summed E-state index contributed by atoms with van der Waals surface area (Å²) in [6.07, 6.45) is 5.14. The van der Waals surface area contributed by atoms with Gasteiger partial charge in [-0.15, -0.1) is 0 Å². The van der Waals surface area contributed by atoms with Gasteiger partial charge in [-0.25, -0.2) is 0 Å². The standard InChI is InChI=1S/C17H27NO/c1-4-6-16-8-10-17(11-9-16)12-14-18(3)13-5-7-15(2)19/h8-11H,4-7,12-14H2,1-3H3. The minimum absolute atomic E-state index is 0.292. The summed E-state index contributed by atoms with van der Waals surface area (Å²) >= 11 is 0. The average Bonchev–Trinajstić information content (AvgIpc) is 2.38. The highest BCUT2D eigenvalue weighted by Crippen LogP contribution is 2.08. The third-order valence-corrected chi connectivity index (χ3v) is 3.41. The topological polar surface area (TPSA) is 20.3 Å². The molecule has 0 saturated heterocycles. The lowest BCUT2D eigenvalue weighted by Crippen LogP contribution is -2.22. The first-order valence-corrected chi connectivity index (χ1v) is 7.37. The molecule has 0 aliphatic rings. The summed E-state index contributed by atoms with van der Waals surface area (Å²) in [5.74, 6) is 0.292. The Hall–Kier alpha value is -1.15. The summed E-state index contributed by atoms with van der Waals surface area (Å²) in [7, 11) is 2.13. The Morgan fingerprint density at radius 1 is 1.05 bits per heavy atom. The van der Waals surface area contributed by atoms with Gasteiger partial charge in [0.2, 0.25) is 0 Å². The number of ketones is 1. The van der Waals surface area contributed by atoms with E-state index in [1.165, 1.54) is 24.0 Å². The summed E-state index contributed by atoms with van der Waals surface area (Å²) < 4.78 is 0.